The summed E-state index contributed by atoms with van der Waals surface area (Å²) in [6.07, 6.45) is 11.4. The number of nitriles is 1. The number of nitrogens with two attached hydrogens (primary N) is 1. The second-order valence-electron chi connectivity index (χ2n) is 5.73. The molecule has 0 aromatic rings. The molecule has 3 heteroatoms. The van der Waals surface area contributed by atoms with Crippen LogP contribution in [0.4, 0.5) is 0 Å². The van der Waals surface area contributed by atoms with Crippen molar-refractivity contribution < 1.29 is 0 Å². The van der Waals surface area contributed by atoms with Gasteiger partial charge >= 0.3 is 0 Å². The summed E-state index contributed by atoms with van der Waals surface area (Å²) in [6.45, 7) is 8.69. The van der Waals surface area contributed by atoms with Gasteiger partial charge in [-0.1, -0.05) is 34.9 Å². The molecule has 0 saturated heterocycles. The van der Waals surface area contributed by atoms with E-state index in [1.807, 2.05) is 6.07 Å². The van der Waals surface area contributed by atoms with E-state index in [0.717, 1.165) is 31.4 Å². The third-order valence-corrected chi connectivity index (χ3v) is 4.13. The van der Waals surface area contributed by atoms with Crippen molar-refractivity contribution in [1.29, 1.82) is 5.26 Å². The lowest BCUT2D eigenvalue weighted by atomic mass is 10.1. The summed E-state index contributed by atoms with van der Waals surface area (Å²) in [7, 11) is 0. The topological polar surface area (TPSA) is 49.8 Å². The maximum absolute atomic E-state index is 8.59. The van der Waals surface area contributed by atoms with Gasteiger partial charge < -0.3 is 5.73 Å². The van der Waals surface area contributed by atoms with E-state index in [9.17, 15) is 0 Å². The van der Waals surface area contributed by atoms with Gasteiger partial charge in [0.05, 0.1) is 6.07 Å². The van der Waals surface area contributed by atoms with Gasteiger partial charge in [-0.2, -0.15) is 17.0 Å². The van der Waals surface area contributed by atoms with E-state index in [1.165, 1.54) is 16.7 Å². The number of hydrogen-bond donors (Lipinski definition) is 1. The van der Waals surface area contributed by atoms with Crippen LogP contribution in [0.2, 0.25) is 0 Å². The van der Waals surface area contributed by atoms with Gasteiger partial charge in [-0.05, 0) is 53.4 Å². The number of allylic oxidation sites excluding steroid dienone is 5. The molecule has 2 nitrogen and oxygen atoms in total. The molecule has 118 valence electrons. The average Bonchev–Trinajstić information content (AvgIpc) is 2.42. The van der Waals surface area contributed by atoms with Gasteiger partial charge in [-0.3, -0.25) is 0 Å². The Labute approximate surface area is 135 Å². The standard InChI is InChI=1S/C18H30N2S/c1-15(2)7-5-8-16(3)9-6-10-17(4)11-12-21-14-18(20)13-19/h7,9,11,18H,5-6,8,10,12,14,20H2,1-4H3/b16-9+,17-11+. The predicted octanol–water partition coefficient (Wildman–Crippen LogP) is 4.99. The van der Waals surface area contributed by atoms with Crippen LogP contribution in [-0.2, 0) is 0 Å². The van der Waals surface area contributed by atoms with E-state index in [4.69, 9.17) is 11.0 Å². The normalized spacial score (nSPS) is 13.7. The number of nitrogens with zero attached hydrogens (tertiary/aromatic N) is 1. The lowest BCUT2D eigenvalue weighted by Crippen LogP contribution is -2.19. The molecule has 21 heavy (non-hydrogen) atoms. The zero-order valence-corrected chi connectivity index (χ0v) is 14.8. The maximum atomic E-state index is 8.59. The molecule has 0 amide bonds. The summed E-state index contributed by atoms with van der Waals surface area (Å²) in [5.41, 5.74) is 9.84. The number of thioether (sulfide) groups is 1. The zero-order valence-electron chi connectivity index (χ0n) is 14.0. The van der Waals surface area contributed by atoms with Crippen molar-refractivity contribution in [3.8, 4) is 6.07 Å². The van der Waals surface area contributed by atoms with Crippen molar-refractivity contribution in [2.24, 2.45) is 5.73 Å². The molecule has 0 spiro atoms. The molecule has 0 aliphatic carbocycles. The third-order valence-electron chi connectivity index (χ3n) is 3.14. The Hall–Kier alpha value is -0.980. The van der Waals surface area contributed by atoms with Crippen LogP contribution >= 0.6 is 11.8 Å². The van der Waals surface area contributed by atoms with Crippen LogP contribution in [0.25, 0.3) is 0 Å². The largest absolute Gasteiger partial charge is 0.315 e. The Balaban J connectivity index is 3.83. The summed E-state index contributed by atoms with van der Waals surface area (Å²) >= 11 is 1.72. The van der Waals surface area contributed by atoms with E-state index in [-0.39, 0.29) is 6.04 Å². The fourth-order valence-corrected chi connectivity index (χ4v) is 2.64. The highest BCUT2D eigenvalue weighted by Crippen LogP contribution is 2.12. The van der Waals surface area contributed by atoms with Crippen LogP contribution in [0, 0.1) is 11.3 Å². The van der Waals surface area contributed by atoms with Gasteiger partial charge in [0.2, 0.25) is 0 Å². The van der Waals surface area contributed by atoms with Gasteiger partial charge in [0, 0.05) is 11.5 Å². The predicted molar refractivity (Wildman–Crippen MR) is 96.3 cm³/mol. The van der Waals surface area contributed by atoms with Crippen LogP contribution in [0.5, 0.6) is 0 Å². The van der Waals surface area contributed by atoms with E-state index in [1.54, 1.807) is 11.8 Å². The maximum Gasteiger partial charge on any atom is 0.102 e. The minimum atomic E-state index is -0.338. The molecule has 0 aliphatic heterocycles. The Kier molecular flexibility index (Phi) is 12.1. The second-order valence-corrected chi connectivity index (χ2v) is 6.81. The average molecular weight is 307 g/mol. The Bertz CT molecular complexity index is 409. The molecule has 0 fully saturated rings. The fraction of sp³-hybridized carbons (Fsp3) is 0.611. The molecule has 0 radical (unpaired) electrons. The monoisotopic (exact) mass is 306 g/mol. The molecule has 0 rings (SSSR count). The smallest absolute Gasteiger partial charge is 0.102 e. The van der Waals surface area contributed by atoms with Crippen molar-refractivity contribution in [3.63, 3.8) is 0 Å². The molecule has 1 atom stereocenters. The molecule has 1 unspecified atom stereocenters. The fourth-order valence-electron chi connectivity index (χ4n) is 1.77. The first-order valence-electron chi connectivity index (χ1n) is 7.63. The van der Waals surface area contributed by atoms with Gasteiger partial charge in [0.15, 0.2) is 0 Å². The van der Waals surface area contributed by atoms with Gasteiger partial charge in [-0.25, -0.2) is 0 Å². The van der Waals surface area contributed by atoms with Gasteiger partial charge in [0.1, 0.15) is 6.04 Å². The summed E-state index contributed by atoms with van der Waals surface area (Å²) in [4.78, 5) is 0. The molecule has 0 aliphatic rings. The SMILES string of the molecule is CC(C)=CCC/C(C)=C/CC/C(C)=C/CSCC(N)C#N. The summed E-state index contributed by atoms with van der Waals surface area (Å²) in [5, 5.41) is 8.59. The highest BCUT2D eigenvalue weighted by Gasteiger charge is 1.98. The van der Waals surface area contributed by atoms with Crippen molar-refractivity contribution in [1.82, 2.24) is 0 Å². The molecule has 0 bridgehead atoms. The van der Waals surface area contributed by atoms with E-state index >= 15 is 0 Å². The summed E-state index contributed by atoms with van der Waals surface area (Å²) in [5.74, 6) is 1.66. The quantitative estimate of drug-likeness (QED) is 0.457. The Morgan fingerprint density at radius 2 is 1.62 bits per heavy atom. The van der Waals surface area contributed by atoms with E-state index in [0.29, 0.717) is 5.75 Å². The lowest BCUT2D eigenvalue weighted by Gasteiger charge is -2.03. The van der Waals surface area contributed by atoms with Crippen LogP contribution < -0.4 is 5.73 Å². The molecule has 0 saturated carbocycles. The zero-order chi connectivity index (χ0) is 16.1. The third kappa shape index (κ3) is 13.7. The first-order valence-corrected chi connectivity index (χ1v) is 8.78. The van der Waals surface area contributed by atoms with Crippen LogP contribution in [0.15, 0.2) is 34.9 Å². The molecule has 2 N–H and O–H groups in total. The molecular formula is C18H30N2S. The van der Waals surface area contributed by atoms with Crippen LogP contribution in [0.1, 0.15) is 53.4 Å². The van der Waals surface area contributed by atoms with Crippen molar-refractivity contribution in [3.05, 3.63) is 34.9 Å². The van der Waals surface area contributed by atoms with Crippen LogP contribution in [0.3, 0.4) is 0 Å². The minimum Gasteiger partial charge on any atom is -0.315 e. The first-order chi connectivity index (χ1) is 9.95. The van der Waals surface area contributed by atoms with E-state index < -0.39 is 0 Å². The summed E-state index contributed by atoms with van der Waals surface area (Å²) in [6, 6.07) is 1.71. The first kappa shape index (κ1) is 20.0. The van der Waals surface area contributed by atoms with Crippen LogP contribution in [-0.4, -0.2) is 17.5 Å². The second kappa shape index (κ2) is 12.7. The highest BCUT2D eigenvalue weighted by atomic mass is 32.2. The Morgan fingerprint density at radius 1 is 1.05 bits per heavy atom. The minimum absolute atomic E-state index is 0.338. The lowest BCUT2D eigenvalue weighted by molar-refractivity contribution is 0.917. The molecule has 0 heterocycles. The van der Waals surface area contributed by atoms with Crippen molar-refractivity contribution in [2.75, 3.05) is 11.5 Å². The summed E-state index contributed by atoms with van der Waals surface area (Å²) < 4.78 is 0. The van der Waals surface area contributed by atoms with E-state index in [2.05, 4.69) is 45.9 Å². The highest BCUT2D eigenvalue weighted by molar-refractivity contribution is 7.99. The van der Waals surface area contributed by atoms with Crippen molar-refractivity contribution in [2.45, 2.75) is 59.4 Å². The van der Waals surface area contributed by atoms with Gasteiger partial charge in [-0.15, -0.1) is 0 Å². The van der Waals surface area contributed by atoms with Crippen molar-refractivity contribution >= 4 is 11.8 Å². The molecule has 0 aromatic carbocycles. The molecular weight excluding hydrogens is 276 g/mol. The number of rotatable bonds is 10. The van der Waals surface area contributed by atoms with Gasteiger partial charge in [0.25, 0.3) is 0 Å². The Morgan fingerprint density at radius 3 is 2.19 bits per heavy atom. The molecule has 0 aromatic heterocycles. The number of hydrogen-bond acceptors (Lipinski definition) is 3.